The summed E-state index contributed by atoms with van der Waals surface area (Å²) in [6.45, 7) is 3.72. The standard InChI is InChI=1S/C7H7.ClH.K/c1-7-5-3-2-4-6-7;;/h2-6H,1H2;1H;/q;;+1/p-1. The van der Waals surface area contributed by atoms with Crippen molar-refractivity contribution in [3.8, 4) is 0 Å². The molecule has 0 aromatic heterocycles. The fraction of sp³-hybridized carbons (Fsp3) is 0. The van der Waals surface area contributed by atoms with Crippen molar-refractivity contribution in [2.24, 2.45) is 0 Å². The Labute approximate surface area is 92.0 Å². The van der Waals surface area contributed by atoms with Gasteiger partial charge in [-0.05, 0) is 12.5 Å². The summed E-state index contributed by atoms with van der Waals surface area (Å²) in [5, 5.41) is 0. The molecule has 0 saturated heterocycles. The van der Waals surface area contributed by atoms with Crippen LogP contribution in [0.1, 0.15) is 5.56 Å². The first-order chi connectivity index (χ1) is 4.39. The minimum absolute atomic E-state index is 0.535. The van der Waals surface area contributed by atoms with Gasteiger partial charge in [-0.15, -0.1) is 0 Å². The number of hydrogen-bond acceptors (Lipinski definition) is 0. The molecule has 0 atom stereocenters. The molecule has 0 fully saturated rings. The van der Waals surface area contributed by atoms with Gasteiger partial charge in [-0.2, -0.15) is 0 Å². The molecular formula is C7H7ClK. The van der Waals surface area contributed by atoms with E-state index in [0.717, 1.165) is 5.56 Å². The number of benzene rings is 1. The SMILES string of the molecule is [CH2]c1ccccc1.[Cl][K]. The van der Waals surface area contributed by atoms with Gasteiger partial charge in [0.25, 0.3) is 0 Å². The Kier molecular flexibility index (Phi) is 8.18. The monoisotopic (exact) mass is 165 g/mol. The number of halogens is 1. The number of rotatable bonds is 0. The van der Waals surface area contributed by atoms with Gasteiger partial charge in [0.15, 0.2) is 0 Å². The Morgan fingerprint density at radius 3 is 1.78 bits per heavy atom. The van der Waals surface area contributed by atoms with Crippen LogP contribution in [0.15, 0.2) is 30.3 Å². The van der Waals surface area contributed by atoms with E-state index in [1.807, 2.05) is 30.3 Å². The molecule has 1 radical (unpaired) electrons. The third-order valence-electron chi connectivity index (χ3n) is 0.843. The van der Waals surface area contributed by atoms with Crippen LogP contribution in [0, 0.1) is 6.92 Å². The van der Waals surface area contributed by atoms with Gasteiger partial charge in [-0.3, -0.25) is 0 Å². The molecule has 1 aromatic carbocycles. The van der Waals surface area contributed by atoms with E-state index in [0.29, 0.717) is 47.1 Å². The molecule has 0 unspecified atom stereocenters. The summed E-state index contributed by atoms with van der Waals surface area (Å²) in [7, 11) is 0. The van der Waals surface area contributed by atoms with E-state index in [2.05, 4.69) is 6.92 Å². The summed E-state index contributed by atoms with van der Waals surface area (Å²) in [5.41, 5.74) is 1.07. The molecule has 9 heavy (non-hydrogen) atoms. The van der Waals surface area contributed by atoms with Crippen LogP contribution in [0.2, 0.25) is 0 Å². The van der Waals surface area contributed by atoms with E-state index >= 15 is 0 Å². The molecule has 1 rings (SSSR count). The summed E-state index contributed by atoms with van der Waals surface area (Å²) in [6, 6.07) is 9.87. The summed E-state index contributed by atoms with van der Waals surface area (Å²) >= 11 is 0.535. The second kappa shape index (κ2) is 7.26. The third kappa shape index (κ3) is 5.58. The van der Waals surface area contributed by atoms with Gasteiger partial charge in [0, 0.05) is 0 Å². The van der Waals surface area contributed by atoms with Gasteiger partial charge in [-0.1, -0.05) is 30.3 Å². The van der Waals surface area contributed by atoms with Crippen molar-refractivity contribution >= 4 is 50.9 Å². The van der Waals surface area contributed by atoms with Gasteiger partial charge in [0.05, 0.1) is 0 Å². The fourth-order valence-electron chi connectivity index (χ4n) is 0.478. The predicted octanol–water partition coefficient (Wildman–Crippen LogP) is 2.18. The molecule has 1 aromatic rings. The maximum atomic E-state index is 4.83. The molecule has 0 aliphatic rings. The Morgan fingerprint density at radius 2 is 1.56 bits per heavy atom. The summed E-state index contributed by atoms with van der Waals surface area (Å²) < 4.78 is 4.83. The van der Waals surface area contributed by atoms with Gasteiger partial charge < -0.3 is 0 Å². The molecule has 0 spiro atoms. The van der Waals surface area contributed by atoms with E-state index < -0.39 is 0 Å². The molecule has 0 N–H and O–H groups in total. The van der Waals surface area contributed by atoms with Crippen molar-refractivity contribution in [1.29, 1.82) is 0 Å². The Balaban J connectivity index is 0.000000291. The van der Waals surface area contributed by atoms with Crippen LogP contribution < -0.4 is 0 Å². The van der Waals surface area contributed by atoms with Gasteiger partial charge in [0.1, 0.15) is 0 Å². The predicted molar refractivity (Wildman–Crippen MR) is 42.5 cm³/mol. The maximum absolute atomic E-state index is 4.83. The van der Waals surface area contributed by atoms with Gasteiger partial charge in [-0.25, -0.2) is 0 Å². The van der Waals surface area contributed by atoms with Crippen LogP contribution in [0.3, 0.4) is 0 Å². The van der Waals surface area contributed by atoms with Crippen LogP contribution in [0.4, 0.5) is 0 Å². The molecular weight excluding hydrogens is 159 g/mol. The molecule has 2 heteroatoms. The zero-order chi connectivity index (χ0) is 7.11. The first-order valence-electron chi connectivity index (χ1n) is 2.64. The van der Waals surface area contributed by atoms with Gasteiger partial charge in [0.2, 0.25) is 0 Å². The van der Waals surface area contributed by atoms with Crippen molar-refractivity contribution in [3.05, 3.63) is 42.8 Å². The van der Waals surface area contributed by atoms with Crippen LogP contribution in [0.25, 0.3) is 0 Å². The van der Waals surface area contributed by atoms with Gasteiger partial charge >= 0.3 is 50.9 Å². The fourth-order valence-corrected chi connectivity index (χ4v) is 0.478. The van der Waals surface area contributed by atoms with Crippen molar-refractivity contribution in [2.45, 2.75) is 0 Å². The van der Waals surface area contributed by atoms with E-state index in [1.165, 1.54) is 0 Å². The Hall–Kier alpha value is 1.15. The summed E-state index contributed by atoms with van der Waals surface area (Å²) in [4.78, 5) is 0. The molecule has 0 heterocycles. The van der Waals surface area contributed by atoms with Crippen molar-refractivity contribution in [1.82, 2.24) is 0 Å². The topological polar surface area (TPSA) is 0 Å². The zero-order valence-corrected chi connectivity index (χ0v) is 9.35. The molecule has 0 bridgehead atoms. The molecule has 0 amide bonds. The second-order valence-electron chi connectivity index (χ2n) is 1.49. The third-order valence-corrected chi connectivity index (χ3v) is 0.843. The average Bonchev–Trinajstić information content (AvgIpc) is 1.94. The minimum atomic E-state index is 0.535. The summed E-state index contributed by atoms with van der Waals surface area (Å²) in [6.07, 6.45) is 0. The Bertz CT molecular complexity index is 139. The van der Waals surface area contributed by atoms with Crippen LogP contribution in [-0.2, 0) is 0 Å². The normalized spacial score (nSPS) is 7.56. The second-order valence-corrected chi connectivity index (χ2v) is 1.49. The van der Waals surface area contributed by atoms with E-state index in [1.54, 1.807) is 0 Å². The first-order valence-corrected chi connectivity index (χ1v) is 6.94. The quantitative estimate of drug-likeness (QED) is 0.517. The summed E-state index contributed by atoms with van der Waals surface area (Å²) in [5.74, 6) is 0. The van der Waals surface area contributed by atoms with Crippen LogP contribution >= 0.6 is 3.76 Å². The zero-order valence-electron chi connectivity index (χ0n) is 5.47. The van der Waals surface area contributed by atoms with Crippen LogP contribution in [0.5, 0.6) is 0 Å². The molecule has 0 saturated carbocycles. The van der Waals surface area contributed by atoms with E-state index in [-0.39, 0.29) is 0 Å². The Morgan fingerprint density at radius 1 is 1.11 bits per heavy atom. The average molecular weight is 166 g/mol. The van der Waals surface area contributed by atoms with Crippen molar-refractivity contribution in [3.63, 3.8) is 0 Å². The van der Waals surface area contributed by atoms with E-state index in [9.17, 15) is 0 Å². The van der Waals surface area contributed by atoms with Crippen LogP contribution in [-0.4, -0.2) is 47.1 Å². The van der Waals surface area contributed by atoms with E-state index in [4.69, 9.17) is 3.76 Å². The number of hydrogen-bond donors (Lipinski definition) is 0. The first kappa shape index (κ1) is 10.1. The molecule has 0 nitrogen and oxygen atoms in total. The molecule has 0 aliphatic heterocycles. The van der Waals surface area contributed by atoms with Crippen molar-refractivity contribution in [2.75, 3.05) is 0 Å². The molecule has 43 valence electrons. The molecule has 0 aliphatic carbocycles. The van der Waals surface area contributed by atoms with Crippen molar-refractivity contribution < 1.29 is 0 Å².